The molecule has 1 aliphatic heterocycles. The number of anilines is 1. The van der Waals surface area contributed by atoms with Crippen LogP contribution in [-0.2, 0) is 0 Å². The lowest BCUT2D eigenvalue weighted by Gasteiger charge is -2.40. The van der Waals surface area contributed by atoms with Crippen LogP contribution in [0.5, 0.6) is 0 Å². The van der Waals surface area contributed by atoms with Crippen molar-refractivity contribution in [2.24, 2.45) is 0 Å². The third kappa shape index (κ3) is 4.77. The molecule has 1 atom stereocenters. The maximum absolute atomic E-state index is 4.48. The number of aryl methyl sites for hydroxylation is 1. The topological polar surface area (TPSA) is 44.3 Å². The summed E-state index contributed by atoms with van der Waals surface area (Å²) in [5.74, 6) is 0.914. The third-order valence-electron chi connectivity index (χ3n) is 5.63. The Morgan fingerprint density at radius 3 is 2.79 bits per heavy atom. The molecule has 29 heavy (non-hydrogen) atoms. The summed E-state index contributed by atoms with van der Waals surface area (Å²) in [7, 11) is 2.22. The number of hydrogen-bond acceptors (Lipinski definition) is 5. The molecular formula is C23H28BrN5. The first-order valence-electron chi connectivity index (χ1n) is 10.2. The number of benzene rings is 2. The highest BCUT2D eigenvalue weighted by atomic mass is 79.9. The van der Waals surface area contributed by atoms with Gasteiger partial charge in [0.05, 0.1) is 5.52 Å². The van der Waals surface area contributed by atoms with Crippen LogP contribution in [0, 0.1) is 6.92 Å². The fourth-order valence-corrected chi connectivity index (χ4v) is 4.78. The van der Waals surface area contributed by atoms with Crippen molar-refractivity contribution in [3.05, 3.63) is 64.4 Å². The zero-order valence-electron chi connectivity index (χ0n) is 17.1. The monoisotopic (exact) mass is 453 g/mol. The van der Waals surface area contributed by atoms with E-state index in [1.807, 2.05) is 0 Å². The second kappa shape index (κ2) is 9.20. The van der Waals surface area contributed by atoms with E-state index >= 15 is 0 Å². The van der Waals surface area contributed by atoms with Gasteiger partial charge in [0.15, 0.2) is 0 Å². The van der Waals surface area contributed by atoms with Crippen LogP contribution in [0.2, 0.25) is 0 Å². The minimum absolute atomic E-state index is 0.466. The number of hydrogen-bond donors (Lipinski definition) is 1. The fraction of sp³-hybridized carbons (Fsp3) is 0.391. The molecule has 2 heterocycles. The van der Waals surface area contributed by atoms with Gasteiger partial charge in [0.1, 0.15) is 12.1 Å². The van der Waals surface area contributed by atoms with Gasteiger partial charge in [-0.2, -0.15) is 0 Å². The van der Waals surface area contributed by atoms with Crippen LogP contribution >= 0.6 is 15.9 Å². The van der Waals surface area contributed by atoms with Crippen LogP contribution in [0.4, 0.5) is 5.82 Å². The highest BCUT2D eigenvalue weighted by molar-refractivity contribution is 9.10. The maximum atomic E-state index is 4.48. The lowest BCUT2D eigenvalue weighted by molar-refractivity contribution is 0.0896. The lowest BCUT2D eigenvalue weighted by atomic mass is 10.0. The highest BCUT2D eigenvalue weighted by Crippen LogP contribution is 2.28. The Hall–Kier alpha value is -2.02. The minimum Gasteiger partial charge on any atom is -0.369 e. The summed E-state index contributed by atoms with van der Waals surface area (Å²) in [4.78, 5) is 14.0. The van der Waals surface area contributed by atoms with Gasteiger partial charge < -0.3 is 10.2 Å². The van der Waals surface area contributed by atoms with Gasteiger partial charge >= 0.3 is 0 Å². The van der Waals surface area contributed by atoms with Gasteiger partial charge in [0.25, 0.3) is 0 Å². The van der Waals surface area contributed by atoms with E-state index in [1.165, 1.54) is 11.1 Å². The fourth-order valence-electron chi connectivity index (χ4n) is 4.11. The van der Waals surface area contributed by atoms with Crippen molar-refractivity contribution in [3.8, 4) is 0 Å². The van der Waals surface area contributed by atoms with E-state index in [0.29, 0.717) is 6.04 Å². The van der Waals surface area contributed by atoms with Gasteiger partial charge in [-0.1, -0.05) is 30.3 Å². The molecule has 3 aromatic rings. The van der Waals surface area contributed by atoms with E-state index in [-0.39, 0.29) is 0 Å². The van der Waals surface area contributed by atoms with Gasteiger partial charge in [-0.3, -0.25) is 4.90 Å². The minimum atomic E-state index is 0.466. The molecule has 1 fully saturated rings. The van der Waals surface area contributed by atoms with Gasteiger partial charge in [-0.05, 0) is 59.6 Å². The Kier molecular flexibility index (Phi) is 6.43. The number of fused-ring (bicyclic) bond motifs is 1. The molecule has 0 aliphatic carbocycles. The van der Waals surface area contributed by atoms with Gasteiger partial charge in [-0.15, -0.1) is 0 Å². The molecule has 4 rings (SSSR count). The van der Waals surface area contributed by atoms with Crippen molar-refractivity contribution in [2.45, 2.75) is 19.4 Å². The number of rotatable bonds is 6. The predicted octanol–water partition coefficient (Wildman–Crippen LogP) is 4.49. The van der Waals surface area contributed by atoms with Crippen LogP contribution in [0.15, 0.2) is 53.3 Å². The third-order valence-corrected chi connectivity index (χ3v) is 6.23. The molecule has 152 valence electrons. The first-order valence-corrected chi connectivity index (χ1v) is 11.0. The normalized spacial score (nSPS) is 18.2. The van der Waals surface area contributed by atoms with E-state index in [0.717, 1.165) is 60.3 Å². The summed E-state index contributed by atoms with van der Waals surface area (Å²) in [5, 5.41) is 4.61. The molecule has 0 spiro atoms. The first-order chi connectivity index (χ1) is 14.1. The number of nitrogens with one attached hydrogen (secondary N) is 1. The van der Waals surface area contributed by atoms with Crippen molar-refractivity contribution >= 4 is 32.7 Å². The molecule has 1 aromatic heterocycles. The summed E-state index contributed by atoms with van der Waals surface area (Å²) in [6.45, 7) is 7.39. The zero-order valence-corrected chi connectivity index (χ0v) is 18.7. The molecule has 1 saturated heterocycles. The van der Waals surface area contributed by atoms with Crippen molar-refractivity contribution in [1.29, 1.82) is 0 Å². The number of likely N-dealkylation sites (N-methyl/N-ethyl adjacent to an activating group) is 1. The molecule has 2 aromatic carbocycles. The molecule has 5 nitrogen and oxygen atoms in total. The summed E-state index contributed by atoms with van der Waals surface area (Å²) < 4.78 is 1.01. The Labute approximate surface area is 181 Å². The first kappa shape index (κ1) is 20.3. The van der Waals surface area contributed by atoms with E-state index in [9.17, 15) is 0 Å². The molecule has 1 unspecified atom stereocenters. The molecular weight excluding hydrogens is 426 g/mol. The summed E-state index contributed by atoms with van der Waals surface area (Å²) >= 11 is 3.62. The van der Waals surface area contributed by atoms with Crippen LogP contribution in [0.1, 0.15) is 23.6 Å². The second-order valence-electron chi connectivity index (χ2n) is 7.87. The van der Waals surface area contributed by atoms with E-state index in [2.05, 4.69) is 97.5 Å². The van der Waals surface area contributed by atoms with Crippen LogP contribution in [0.25, 0.3) is 10.9 Å². The summed E-state index contributed by atoms with van der Waals surface area (Å²) in [5.41, 5.74) is 3.57. The summed E-state index contributed by atoms with van der Waals surface area (Å²) in [6, 6.07) is 15.6. The quantitative estimate of drug-likeness (QED) is 0.556. The highest BCUT2D eigenvalue weighted by Gasteiger charge is 2.25. The molecule has 1 aliphatic rings. The number of nitrogens with zero attached hydrogens (tertiary/aromatic N) is 4. The zero-order chi connectivity index (χ0) is 20.2. The average molecular weight is 454 g/mol. The van der Waals surface area contributed by atoms with Gasteiger partial charge in [-0.25, -0.2) is 9.97 Å². The van der Waals surface area contributed by atoms with Crippen molar-refractivity contribution in [2.75, 3.05) is 45.1 Å². The summed E-state index contributed by atoms with van der Waals surface area (Å²) in [6.07, 6.45) is 2.71. The molecule has 6 heteroatoms. The van der Waals surface area contributed by atoms with E-state index in [4.69, 9.17) is 0 Å². The van der Waals surface area contributed by atoms with Gasteiger partial charge in [0.2, 0.25) is 0 Å². The SMILES string of the molecule is Cc1cc(Br)c2ncnc(NCCCN3CCN(C)CC3c3ccccc3)c2c1. The smallest absolute Gasteiger partial charge is 0.137 e. The standard InChI is InChI=1S/C23H28BrN5/c1-17-13-19-22(20(24)14-17)26-16-27-23(19)25-9-6-10-29-12-11-28(2)15-21(29)18-7-4-3-5-8-18/h3-5,7-8,13-14,16,21H,6,9-12,15H2,1-2H3,(H,25,26,27). The Bertz CT molecular complexity index is 962. The molecule has 0 radical (unpaired) electrons. The van der Waals surface area contributed by atoms with E-state index < -0.39 is 0 Å². The second-order valence-corrected chi connectivity index (χ2v) is 8.72. The van der Waals surface area contributed by atoms with Crippen molar-refractivity contribution in [1.82, 2.24) is 19.8 Å². The van der Waals surface area contributed by atoms with Crippen molar-refractivity contribution < 1.29 is 0 Å². The largest absolute Gasteiger partial charge is 0.369 e. The molecule has 0 amide bonds. The van der Waals surface area contributed by atoms with Gasteiger partial charge in [0, 0.05) is 48.6 Å². The molecule has 0 bridgehead atoms. The predicted molar refractivity (Wildman–Crippen MR) is 123 cm³/mol. The Balaban J connectivity index is 1.39. The maximum Gasteiger partial charge on any atom is 0.137 e. The van der Waals surface area contributed by atoms with Crippen molar-refractivity contribution in [3.63, 3.8) is 0 Å². The van der Waals surface area contributed by atoms with Crippen LogP contribution < -0.4 is 5.32 Å². The van der Waals surface area contributed by atoms with Crippen LogP contribution in [0.3, 0.4) is 0 Å². The number of halogens is 1. The molecule has 0 saturated carbocycles. The molecule has 1 N–H and O–H groups in total. The number of piperazine rings is 1. The van der Waals surface area contributed by atoms with E-state index in [1.54, 1.807) is 6.33 Å². The lowest BCUT2D eigenvalue weighted by Crippen LogP contribution is -2.47. The Morgan fingerprint density at radius 2 is 1.97 bits per heavy atom. The Morgan fingerprint density at radius 1 is 1.14 bits per heavy atom. The average Bonchev–Trinajstić information content (AvgIpc) is 2.73. The number of aromatic nitrogens is 2. The van der Waals surface area contributed by atoms with Crippen LogP contribution in [-0.4, -0.2) is 59.5 Å².